The third-order valence-electron chi connectivity index (χ3n) is 10.7. The molecule has 0 saturated carbocycles. The van der Waals surface area contributed by atoms with Crippen molar-refractivity contribution in [3.63, 3.8) is 0 Å². The van der Waals surface area contributed by atoms with Crippen LogP contribution in [0.1, 0.15) is 91.6 Å². The maximum atomic E-state index is 14.5. The normalized spacial score (nSPS) is 15.1. The molecule has 5 aromatic rings. The Kier molecular flexibility index (Phi) is 15.9. The molecule has 0 N–H and O–H groups in total. The second-order valence-electron chi connectivity index (χ2n) is 14.8. The molecule has 60 heavy (non-hydrogen) atoms. The van der Waals surface area contributed by atoms with Crippen LogP contribution in [0.25, 0.3) is 11.1 Å². The number of nitrogens with zero attached hydrogens (tertiary/aromatic N) is 2. The molecule has 10 heteroatoms. The Balaban J connectivity index is 1.69. The molecule has 0 amide bonds. The molecule has 0 fully saturated rings. The first-order chi connectivity index (χ1) is 29.0. The molecule has 0 spiro atoms. The summed E-state index contributed by atoms with van der Waals surface area (Å²) in [5.41, 5.74) is 7.65. The number of hydrogen-bond donors (Lipinski definition) is 0. The van der Waals surface area contributed by atoms with Crippen LogP contribution in [0.3, 0.4) is 0 Å². The second-order valence-corrected chi connectivity index (χ2v) is 18.0. The molecule has 6 rings (SSSR count). The van der Waals surface area contributed by atoms with Crippen LogP contribution in [0.2, 0.25) is 0 Å². The molecule has 1 aliphatic heterocycles. The SMILES string of the molecule is CCCN(CCC)c1ccc(/C(=C/C2(/C=C(\c3ccc(OC)cc3)c3ccc(N(CCC)CCC)cc3)OC(=O)c3c(Br)c(Br)c(Br)c(Br)c32)c2ccc(OC)cc2)cc1. The third-order valence-corrected chi connectivity index (χ3v) is 15.5. The van der Waals surface area contributed by atoms with E-state index in [1.165, 1.54) is 11.4 Å². The molecular weight excluding hydrogens is 1010 g/mol. The van der Waals surface area contributed by atoms with Crippen molar-refractivity contribution < 1.29 is 19.0 Å². The highest BCUT2D eigenvalue weighted by Crippen LogP contribution is 2.54. The summed E-state index contributed by atoms with van der Waals surface area (Å²) in [5.74, 6) is 1.05. The summed E-state index contributed by atoms with van der Waals surface area (Å²) >= 11 is 15.2. The average Bonchev–Trinajstić information content (AvgIpc) is 3.57. The molecule has 0 atom stereocenters. The molecule has 0 saturated heterocycles. The molecule has 1 aliphatic rings. The first kappa shape index (κ1) is 45.7. The summed E-state index contributed by atoms with van der Waals surface area (Å²) in [4.78, 5) is 19.3. The van der Waals surface area contributed by atoms with Crippen molar-refractivity contribution in [3.05, 3.63) is 160 Å². The standard InChI is InChI=1S/C50H52Br4N2O4/c1-7-27-55(28-8-2)37-19-11-33(12-20-37)41(35-15-23-39(58-5)24-16-35)31-50(44-43(49(57)60-50)45(51)47(53)48(54)46(44)52)32-42(36-17-25-40(59-6)26-18-36)34-13-21-38(22-14-34)56(29-9-3)30-10-4/h11-26,31-32H,7-10,27-30H2,1-6H3/b41-31-,42-32-. The smallest absolute Gasteiger partial charge is 0.341 e. The van der Waals surface area contributed by atoms with E-state index in [1.54, 1.807) is 14.2 Å². The highest BCUT2D eigenvalue weighted by atomic mass is 79.9. The molecule has 314 valence electrons. The van der Waals surface area contributed by atoms with Crippen molar-refractivity contribution in [3.8, 4) is 11.5 Å². The first-order valence-corrected chi connectivity index (χ1v) is 23.7. The van der Waals surface area contributed by atoms with Gasteiger partial charge < -0.3 is 24.0 Å². The highest BCUT2D eigenvalue weighted by molar-refractivity contribution is 9.15. The molecule has 0 bridgehead atoms. The van der Waals surface area contributed by atoms with Gasteiger partial charge in [-0.2, -0.15) is 0 Å². The van der Waals surface area contributed by atoms with E-state index >= 15 is 0 Å². The lowest BCUT2D eigenvalue weighted by Crippen LogP contribution is -2.25. The largest absolute Gasteiger partial charge is 0.497 e. The molecular formula is C50H52Br4N2O4. The Morgan fingerprint density at radius 2 is 0.867 bits per heavy atom. The van der Waals surface area contributed by atoms with E-state index in [0.717, 1.165) is 101 Å². The van der Waals surface area contributed by atoms with Crippen molar-refractivity contribution in [1.82, 2.24) is 0 Å². The Morgan fingerprint density at radius 1 is 0.533 bits per heavy atom. The minimum Gasteiger partial charge on any atom is -0.497 e. The van der Waals surface area contributed by atoms with Crippen molar-refractivity contribution in [2.45, 2.75) is 59.0 Å². The van der Waals surface area contributed by atoms with Gasteiger partial charge in [-0.05, 0) is 183 Å². The van der Waals surface area contributed by atoms with Crippen LogP contribution >= 0.6 is 63.7 Å². The number of rotatable bonds is 18. The minimum atomic E-state index is -1.41. The Labute approximate surface area is 389 Å². The molecule has 0 radical (unpaired) electrons. The molecule has 5 aromatic carbocycles. The zero-order valence-electron chi connectivity index (χ0n) is 35.1. The topological polar surface area (TPSA) is 51.2 Å². The number of halogens is 4. The van der Waals surface area contributed by atoms with Gasteiger partial charge in [0.2, 0.25) is 0 Å². The predicted molar refractivity (Wildman–Crippen MR) is 263 cm³/mol. The molecule has 1 heterocycles. The maximum Gasteiger partial charge on any atom is 0.341 e. The van der Waals surface area contributed by atoms with E-state index in [9.17, 15) is 4.79 Å². The van der Waals surface area contributed by atoms with Crippen LogP contribution in [0.5, 0.6) is 11.5 Å². The summed E-state index contributed by atoms with van der Waals surface area (Å²) in [7, 11) is 3.34. The van der Waals surface area contributed by atoms with E-state index in [4.69, 9.17) is 14.2 Å². The number of ether oxygens (including phenoxy) is 3. The summed E-state index contributed by atoms with van der Waals surface area (Å²) in [6.07, 6.45) is 8.44. The second kappa shape index (κ2) is 20.8. The number of cyclic esters (lactones) is 1. The highest BCUT2D eigenvalue weighted by Gasteiger charge is 2.48. The van der Waals surface area contributed by atoms with Gasteiger partial charge in [0.05, 0.1) is 19.8 Å². The summed E-state index contributed by atoms with van der Waals surface area (Å²) < 4.78 is 20.8. The zero-order valence-corrected chi connectivity index (χ0v) is 41.4. The van der Waals surface area contributed by atoms with E-state index in [1.807, 2.05) is 24.3 Å². The number of benzene rings is 5. The molecule has 0 aliphatic carbocycles. The van der Waals surface area contributed by atoms with Gasteiger partial charge in [-0.15, -0.1) is 0 Å². The number of anilines is 2. The molecule has 6 nitrogen and oxygen atoms in total. The minimum absolute atomic E-state index is 0.433. The monoisotopic (exact) mass is 1060 g/mol. The number of carbonyl (C=O) groups excluding carboxylic acids is 1. The number of hydrogen-bond acceptors (Lipinski definition) is 6. The van der Waals surface area contributed by atoms with E-state index in [0.29, 0.717) is 24.5 Å². The summed E-state index contributed by atoms with van der Waals surface area (Å²) in [6, 6.07) is 33.5. The molecule has 0 unspecified atom stereocenters. The van der Waals surface area contributed by atoms with Crippen LogP contribution in [-0.4, -0.2) is 46.4 Å². The molecule has 0 aromatic heterocycles. The zero-order chi connectivity index (χ0) is 43.0. The number of fused-ring (bicyclic) bond motifs is 1. The fourth-order valence-electron chi connectivity index (χ4n) is 7.85. The van der Waals surface area contributed by atoms with E-state index in [2.05, 4.69) is 186 Å². The lowest BCUT2D eigenvalue weighted by atomic mass is 9.83. The van der Waals surface area contributed by atoms with Crippen molar-refractivity contribution >= 4 is 92.2 Å². The van der Waals surface area contributed by atoms with Gasteiger partial charge in [0.25, 0.3) is 0 Å². The third kappa shape index (κ3) is 9.77. The van der Waals surface area contributed by atoms with Crippen LogP contribution in [0, 0.1) is 0 Å². The summed E-state index contributed by atoms with van der Waals surface area (Å²) in [6.45, 7) is 12.8. The summed E-state index contributed by atoms with van der Waals surface area (Å²) in [5, 5.41) is 0. The van der Waals surface area contributed by atoms with Gasteiger partial charge in [0.1, 0.15) is 11.5 Å². The predicted octanol–water partition coefficient (Wildman–Crippen LogP) is 14.6. The maximum absolute atomic E-state index is 14.5. The lowest BCUT2D eigenvalue weighted by molar-refractivity contribution is 0.0298. The van der Waals surface area contributed by atoms with Crippen molar-refractivity contribution in [2.24, 2.45) is 0 Å². The fourth-order valence-corrected chi connectivity index (χ4v) is 10.4. The van der Waals surface area contributed by atoms with Crippen LogP contribution < -0.4 is 19.3 Å². The quantitative estimate of drug-likeness (QED) is 0.0495. The van der Waals surface area contributed by atoms with Gasteiger partial charge in [0.15, 0.2) is 5.60 Å². The van der Waals surface area contributed by atoms with Crippen LogP contribution in [0.4, 0.5) is 11.4 Å². The first-order valence-electron chi connectivity index (χ1n) is 20.6. The number of methoxy groups -OCH3 is 2. The van der Waals surface area contributed by atoms with Gasteiger partial charge >= 0.3 is 5.97 Å². The van der Waals surface area contributed by atoms with Crippen LogP contribution in [0.15, 0.2) is 127 Å². The van der Waals surface area contributed by atoms with Crippen LogP contribution in [-0.2, 0) is 10.3 Å². The Bertz CT molecular complexity index is 2190. The van der Waals surface area contributed by atoms with Gasteiger partial charge in [0, 0.05) is 61.0 Å². The van der Waals surface area contributed by atoms with Gasteiger partial charge in [-0.25, -0.2) is 4.79 Å². The fraction of sp³-hybridized carbons (Fsp3) is 0.300. The van der Waals surface area contributed by atoms with Crippen molar-refractivity contribution in [2.75, 3.05) is 50.2 Å². The Morgan fingerprint density at radius 3 is 1.20 bits per heavy atom. The van der Waals surface area contributed by atoms with Gasteiger partial charge in [-0.3, -0.25) is 0 Å². The van der Waals surface area contributed by atoms with Gasteiger partial charge in [-0.1, -0.05) is 76.2 Å². The Hall–Kier alpha value is -3.83. The van der Waals surface area contributed by atoms with E-state index in [-0.39, 0.29) is 0 Å². The van der Waals surface area contributed by atoms with E-state index < -0.39 is 11.6 Å². The number of carbonyl (C=O) groups is 1. The van der Waals surface area contributed by atoms with Crippen molar-refractivity contribution in [1.29, 1.82) is 0 Å². The lowest BCUT2D eigenvalue weighted by Gasteiger charge is -2.28. The number of esters is 1. The average molecular weight is 1060 g/mol.